The molecule has 0 spiro atoms. The minimum atomic E-state index is -0.0758. The lowest BCUT2D eigenvalue weighted by Crippen LogP contribution is -2.35. The Labute approximate surface area is 149 Å². The van der Waals surface area contributed by atoms with Crippen molar-refractivity contribution in [3.63, 3.8) is 0 Å². The van der Waals surface area contributed by atoms with E-state index in [2.05, 4.69) is 24.0 Å². The van der Waals surface area contributed by atoms with Crippen molar-refractivity contribution in [1.29, 1.82) is 0 Å². The van der Waals surface area contributed by atoms with Crippen LogP contribution in [-0.4, -0.2) is 27.5 Å². The Morgan fingerprint density at radius 3 is 2.84 bits per heavy atom. The fourth-order valence-electron chi connectivity index (χ4n) is 3.55. The van der Waals surface area contributed by atoms with E-state index in [0.29, 0.717) is 11.7 Å². The Hall–Kier alpha value is -2.17. The molecule has 0 aliphatic carbocycles. The van der Waals surface area contributed by atoms with Gasteiger partial charge in [-0.2, -0.15) is 4.98 Å². The number of carbonyl (C=O) groups is 1. The summed E-state index contributed by atoms with van der Waals surface area (Å²) < 4.78 is 5.52. The number of rotatable bonds is 7. The van der Waals surface area contributed by atoms with Crippen molar-refractivity contribution in [2.75, 3.05) is 6.54 Å². The first kappa shape index (κ1) is 17.6. The molecule has 1 aliphatic heterocycles. The van der Waals surface area contributed by atoms with E-state index in [1.54, 1.807) is 0 Å². The fourth-order valence-corrected chi connectivity index (χ4v) is 3.55. The molecule has 2 heterocycles. The van der Waals surface area contributed by atoms with Crippen LogP contribution in [0.2, 0.25) is 0 Å². The molecular formula is C20H27N3O2. The van der Waals surface area contributed by atoms with Crippen molar-refractivity contribution in [1.82, 2.24) is 15.0 Å². The highest BCUT2D eigenvalue weighted by molar-refractivity contribution is 5.79. The van der Waals surface area contributed by atoms with Crippen LogP contribution in [-0.2, 0) is 4.79 Å². The van der Waals surface area contributed by atoms with Crippen molar-refractivity contribution < 1.29 is 9.32 Å². The monoisotopic (exact) mass is 341 g/mol. The van der Waals surface area contributed by atoms with Crippen molar-refractivity contribution >= 4 is 5.91 Å². The van der Waals surface area contributed by atoms with Gasteiger partial charge in [0.25, 0.3) is 0 Å². The maximum Gasteiger partial charge on any atom is 0.249 e. The van der Waals surface area contributed by atoms with E-state index in [1.165, 1.54) is 0 Å². The number of carbonyl (C=O) groups excluding carboxylic acids is 1. The normalized spacial score (nSPS) is 18.5. The zero-order valence-corrected chi connectivity index (χ0v) is 15.1. The Kier molecular flexibility index (Phi) is 5.84. The summed E-state index contributed by atoms with van der Waals surface area (Å²) in [7, 11) is 0. The molecule has 1 amide bonds. The van der Waals surface area contributed by atoms with Gasteiger partial charge in [-0.25, -0.2) is 0 Å². The summed E-state index contributed by atoms with van der Waals surface area (Å²) in [4.78, 5) is 19.5. The van der Waals surface area contributed by atoms with Crippen LogP contribution >= 0.6 is 0 Å². The third-order valence-electron chi connectivity index (χ3n) is 5.04. The SMILES string of the molecule is CCCC[C@H](CC)C(=O)N1CCC[C@@H]1c1nc(-c2ccccc2)no1. The summed E-state index contributed by atoms with van der Waals surface area (Å²) in [5, 5.41) is 4.12. The number of hydrogen-bond donors (Lipinski definition) is 0. The van der Waals surface area contributed by atoms with Gasteiger partial charge < -0.3 is 9.42 Å². The summed E-state index contributed by atoms with van der Waals surface area (Å²) in [6, 6.07) is 9.72. The van der Waals surface area contributed by atoms with Gasteiger partial charge in [-0.05, 0) is 25.7 Å². The van der Waals surface area contributed by atoms with Gasteiger partial charge in [-0.1, -0.05) is 62.2 Å². The molecule has 2 aromatic rings. The molecule has 1 aliphatic rings. The van der Waals surface area contributed by atoms with E-state index in [1.807, 2.05) is 35.2 Å². The molecule has 1 aromatic heterocycles. The van der Waals surface area contributed by atoms with Crippen LogP contribution in [0, 0.1) is 5.92 Å². The van der Waals surface area contributed by atoms with E-state index in [4.69, 9.17) is 4.52 Å². The average molecular weight is 341 g/mol. The van der Waals surface area contributed by atoms with Crippen LogP contribution in [0.3, 0.4) is 0 Å². The maximum atomic E-state index is 13.0. The summed E-state index contributed by atoms with van der Waals surface area (Å²) in [6.07, 6.45) is 5.96. The van der Waals surface area contributed by atoms with E-state index in [9.17, 15) is 4.79 Å². The Morgan fingerprint density at radius 2 is 2.12 bits per heavy atom. The second-order valence-corrected chi connectivity index (χ2v) is 6.76. The molecular weight excluding hydrogens is 314 g/mol. The second kappa shape index (κ2) is 8.28. The third-order valence-corrected chi connectivity index (χ3v) is 5.04. The Bertz CT molecular complexity index is 683. The zero-order chi connectivity index (χ0) is 17.6. The number of unbranched alkanes of at least 4 members (excludes halogenated alkanes) is 1. The molecule has 5 heteroatoms. The average Bonchev–Trinajstić information content (AvgIpc) is 3.32. The lowest BCUT2D eigenvalue weighted by molar-refractivity contribution is -0.137. The molecule has 0 saturated carbocycles. The van der Waals surface area contributed by atoms with Gasteiger partial charge >= 0.3 is 0 Å². The van der Waals surface area contributed by atoms with Crippen molar-refractivity contribution in [2.24, 2.45) is 5.92 Å². The molecule has 0 radical (unpaired) electrons. The van der Waals surface area contributed by atoms with Gasteiger partial charge in [0.1, 0.15) is 6.04 Å². The predicted molar refractivity (Wildman–Crippen MR) is 96.7 cm³/mol. The predicted octanol–water partition coefficient (Wildman–Crippen LogP) is 4.62. The molecule has 5 nitrogen and oxygen atoms in total. The first-order valence-electron chi connectivity index (χ1n) is 9.44. The minimum absolute atomic E-state index is 0.0758. The number of nitrogens with zero attached hydrogens (tertiary/aromatic N) is 3. The molecule has 0 bridgehead atoms. The molecule has 1 aromatic carbocycles. The molecule has 1 saturated heterocycles. The second-order valence-electron chi connectivity index (χ2n) is 6.76. The minimum Gasteiger partial charge on any atom is -0.337 e. The molecule has 25 heavy (non-hydrogen) atoms. The van der Waals surface area contributed by atoms with Gasteiger partial charge in [-0.15, -0.1) is 0 Å². The third kappa shape index (κ3) is 3.91. The van der Waals surface area contributed by atoms with E-state index in [-0.39, 0.29) is 17.9 Å². The molecule has 0 N–H and O–H groups in total. The maximum absolute atomic E-state index is 13.0. The molecule has 134 valence electrons. The number of aromatic nitrogens is 2. The number of hydrogen-bond acceptors (Lipinski definition) is 4. The highest BCUT2D eigenvalue weighted by Crippen LogP contribution is 2.34. The molecule has 3 rings (SSSR count). The summed E-state index contributed by atoms with van der Waals surface area (Å²) in [6.45, 7) is 5.05. The van der Waals surface area contributed by atoms with Gasteiger partial charge in [0.15, 0.2) is 0 Å². The number of likely N-dealkylation sites (tertiary alicyclic amines) is 1. The van der Waals surface area contributed by atoms with Gasteiger partial charge in [0.2, 0.25) is 17.6 Å². The highest BCUT2D eigenvalue weighted by atomic mass is 16.5. The lowest BCUT2D eigenvalue weighted by atomic mass is 9.97. The fraction of sp³-hybridized carbons (Fsp3) is 0.550. The van der Waals surface area contributed by atoms with Crippen molar-refractivity contribution in [3.8, 4) is 11.4 Å². The Balaban J connectivity index is 1.75. The van der Waals surface area contributed by atoms with Crippen molar-refractivity contribution in [2.45, 2.75) is 58.4 Å². The summed E-state index contributed by atoms with van der Waals surface area (Å²) in [5.41, 5.74) is 0.933. The number of amides is 1. The summed E-state index contributed by atoms with van der Waals surface area (Å²) >= 11 is 0. The smallest absolute Gasteiger partial charge is 0.249 e. The first-order valence-corrected chi connectivity index (χ1v) is 9.44. The van der Waals surface area contributed by atoms with Gasteiger partial charge in [0, 0.05) is 18.0 Å². The van der Waals surface area contributed by atoms with Crippen LogP contribution in [0.25, 0.3) is 11.4 Å². The first-order chi connectivity index (χ1) is 12.2. The largest absolute Gasteiger partial charge is 0.337 e. The van der Waals surface area contributed by atoms with E-state index < -0.39 is 0 Å². The van der Waals surface area contributed by atoms with E-state index >= 15 is 0 Å². The van der Waals surface area contributed by atoms with Crippen LogP contribution in [0.15, 0.2) is 34.9 Å². The molecule has 1 fully saturated rings. The van der Waals surface area contributed by atoms with Crippen LogP contribution in [0.5, 0.6) is 0 Å². The van der Waals surface area contributed by atoms with Crippen molar-refractivity contribution in [3.05, 3.63) is 36.2 Å². The van der Waals surface area contributed by atoms with Crippen LogP contribution in [0.4, 0.5) is 0 Å². The Morgan fingerprint density at radius 1 is 1.32 bits per heavy atom. The van der Waals surface area contributed by atoms with Crippen LogP contribution in [0.1, 0.15) is 64.3 Å². The van der Waals surface area contributed by atoms with Gasteiger partial charge in [-0.3, -0.25) is 4.79 Å². The quantitative estimate of drug-likeness (QED) is 0.737. The lowest BCUT2D eigenvalue weighted by Gasteiger charge is -2.26. The zero-order valence-electron chi connectivity index (χ0n) is 15.1. The van der Waals surface area contributed by atoms with Crippen LogP contribution < -0.4 is 0 Å². The van der Waals surface area contributed by atoms with E-state index in [0.717, 1.165) is 50.6 Å². The molecule has 0 unspecified atom stereocenters. The summed E-state index contributed by atoms with van der Waals surface area (Å²) in [5.74, 6) is 1.51. The van der Waals surface area contributed by atoms with Gasteiger partial charge in [0.05, 0.1) is 0 Å². The molecule has 2 atom stereocenters. The standard InChI is InChI=1S/C20H27N3O2/c1-3-5-10-15(4-2)20(24)23-14-9-13-17(23)19-21-18(22-25-19)16-11-7-6-8-12-16/h6-8,11-12,15,17H,3-5,9-10,13-14H2,1-2H3/t15-,17+/m0/s1. The number of benzene rings is 1. The topological polar surface area (TPSA) is 59.2 Å². The highest BCUT2D eigenvalue weighted by Gasteiger charge is 2.36.